The number of halogens is 2. The molecule has 1 N–H and O–H groups in total. The SMILES string of the molecule is CCOc1ccccc1OCCN1CCC2(CCNCC2)C1.Cl.Cl. The minimum Gasteiger partial charge on any atom is -0.490 e. The summed E-state index contributed by atoms with van der Waals surface area (Å²) in [6.45, 7) is 9.25. The van der Waals surface area contributed by atoms with Gasteiger partial charge in [-0.2, -0.15) is 0 Å². The largest absolute Gasteiger partial charge is 0.490 e. The van der Waals surface area contributed by atoms with Gasteiger partial charge in [0.15, 0.2) is 11.5 Å². The van der Waals surface area contributed by atoms with E-state index in [0.29, 0.717) is 12.0 Å². The second-order valence-electron chi connectivity index (χ2n) is 6.50. The molecule has 3 rings (SSSR count). The Morgan fingerprint density at radius 3 is 2.38 bits per heavy atom. The monoisotopic (exact) mass is 376 g/mol. The fourth-order valence-electron chi connectivity index (χ4n) is 3.71. The number of hydrogen-bond acceptors (Lipinski definition) is 4. The molecule has 0 amide bonds. The van der Waals surface area contributed by atoms with E-state index in [1.807, 2.05) is 31.2 Å². The summed E-state index contributed by atoms with van der Waals surface area (Å²) in [5, 5.41) is 3.48. The first-order valence-corrected chi connectivity index (χ1v) is 8.59. The Bertz CT molecular complexity index is 482. The molecule has 0 unspecified atom stereocenters. The summed E-state index contributed by atoms with van der Waals surface area (Å²) in [5.74, 6) is 1.71. The first-order chi connectivity index (χ1) is 10.8. The van der Waals surface area contributed by atoms with Gasteiger partial charge in [-0.25, -0.2) is 0 Å². The third kappa shape index (κ3) is 5.41. The number of benzene rings is 1. The normalized spacial score (nSPS) is 19.4. The quantitative estimate of drug-likeness (QED) is 0.824. The number of piperidine rings is 1. The maximum atomic E-state index is 5.95. The van der Waals surface area contributed by atoms with Gasteiger partial charge >= 0.3 is 0 Å². The maximum Gasteiger partial charge on any atom is 0.161 e. The van der Waals surface area contributed by atoms with Crippen LogP contribution in [-0.4, -0.2) is 50.8 Å². The molecule has 2 aliphatic heterocycles. The second kappa shape index (κ2) is 10.3. The number of hydrogen-bond donors (Lipinski definition) is 1. The summed E-state index contributed by atoms with van der Waals surface area (Å²) in [4.78, 5) is 2.56. The first-order valence-electron chi connectivity index (χ1n) is 8.59. The highest BCUT2D eigenvalue weighted by atomic mass is 35.5. The van der Waals surface area contributed by atoms with Crippen molar-refractivity contribution >= 4 is 24.8 Å². The van der Waals surface area contributed by atoms with E-state index >= 15 is 0 Å². The van der Waals surface area contributed by atoms with Crippen molar-refractivity contribution in [1.29, 1.82) is 0 Å². The van der Waals surface area contributed by atoms with Crippen LogP contribution in [0.15, 0.2) is 24.3 Å². The second-order valence-corrected chi connectivity index (χ2v) is 6.50. The molecule has 1 aromatic carbocycles. The lowest BCUT2D eigenvalue weighted by molar-refractivity contribution is 0.178. The van der Waals surface area contributed by atoms with Gasteiger partial charge in [0.2, 0.25) is 0 Å². The van der Waals surface area contributed by atoms with Gasteiger partial charge < -0.3 is 14.8 Å². The third-order valence-corrected chi connectivity index (χ3v) is 5.00. The Hall–Kier alpha value is -0.680. The summed E-state index contributed by atoms with van der Waals surface area (Å²) in [7, 11) is 0. The Kier molecular flexibility index (Phi) is 9.21. The predicted molar refractivity (Wildman–Crippen MR) is 103 cm³/mol. The van der Waals surface area contributed by atoms with Gasteiger partial charge in [-0.3, -0.25) is 4.90 Å². The Balaban J connectivity index is 0.00000144. The predicted octanol–water partition coefficient (Wildman–Crippen LogP) is 3.38. The van der Waals surface area contributed by atoms with Crippen LogP contribution < -0.4 is 14.8 Å². The number of likely N-dealkylation sites (tertiary alicyclic amines) is 1. The van der Waals surface area contributed by atoms with Crippen LogP contribution in [0, 0.1) is 5.41 Å². The first kappa shape index (κ1) is 21.4. The van der Waals surface area contributed by atoms with Crippen molar-refractivity contribution in [1.82, 2.24) is 10.2 Å². The zero-order chi connectivity index (χ0) is 15.3. The van der Waals surface area contributed by atoms with Gasteiger partial charge in [-0.15, -0.1) is 24.8 Å². The van der Waals surface area contributed by atoms with E-state index < -0.39 is 0 Å². The van der Waals surface area contributed by atoms with Crippen molar-refractivity contribution < 1.29 is 9.47 Å². The van der Waals surface area contributed by atoms with Crippen LogP contribution in [0.3, 0.4) is 0 Å². The molecule has 0 aliphatic carbocycles. The minimum atomic E-state index is 0. The molecule has 2 aliphatic rings. The fourth-order valence-corrected chi connectivity index (χ4v) is 3.71. The molecular weight excluding hydrogens is 347 g/mol. The zero-order valence-electron chi connectivity index (χ0n) is 14.5. The Morgan fingerprint density at radius 2 is 1.71 bits per heavy atom. The molecule has 138 valence electrons. The van der Waals surface area contributed by atoms with E-state index in [0.717, 1.165) is 24.7 Å². The molecule has 2 saturated heterocycles. The number of rotatable bonds is 6. The number of nitrogens with one attached hydrogen (secondary N) is 1. The molecule has 0 atom stereocenters. The smallest absolute Gasteiger partial charge is 0.161 e. The maximum absolute atomic E-state index is 5.95. The summed E-state index contributed by atoms with van der Waals surface area (Å²) in [5.41, 5.74) is 0.578. The standard InChI is InChI=1S/C18H28N2O2.2ClH/c1-2-21-16-5-3-4-6-17(16)22-14-13-20-12-9-18(15-20)7-10-19-11-8-18;;/h3-6,19H,2,7-15H2,1H3;2*1H. The molecule has 2 heterocycles. The lowest BCUT2D eigenvalue weighted by Crippen LogP contribution is -2.39. The van der Waals surface area contributed by atoms with Gasteiger partial charge in [0.25, 0.3) is 0 Å². The van der Waals surface area contributed by atoms with Gasteiger partial charge in [0.05, 0.1) is 6.61 Å². The third-order valence-electron chi connectivity index (χ3n) is 5.00. The molecule has 2 fully saturated rings. The van der Waals surface area contributed by atoms with Crippen LogP contribution in [0.2, 0.25) is 0 Å². The van der Waals surface area contributed by atoms with Crippen molar-refractivity contribution in [3.63, 3.8) is 0 Å². The molecule has 1 aromatic rings. The average molecular weight is 377 g/mol. The van der Waals surface area contributed by atoms with E-state index in [9.17, 15) is 0 Å². The highest BCUT2D eigenvalue weighted by molar-refractivity contribution is 5.85. The van der Waals surface area contributed by atoms with E-state index in [-0.39, 0.29) is 24.8 Å². The summed E-state index contributed by atoms with van der Waals surface area (Å²) < 4.78 is 11.6. The van der Waals surface area contributed by atoms with Gasteiger partial charge in [-0.05, 0) is 63.4 Å². The zero-order valence-corrected chi connectivity index (χ0v) is 16.1. The van der Waals surface area contributed by atoms with Crippen LogP contribution in [-0.2, 0) is 0 Å². The van der Waals surface area contributed by atoms with Crippen molar-refractivity contribution in [3.05, 3.63) is 24.3 Å². The number of para-hydroxylation sites is 2. The van der Waals surface area contributed by atoms with E-state index in [2.05, 4.69) is 10.2 Å². The number of nitrogens with zero attached hydrogens (tertiary/aromatic N) is 1. The minimum absolute atomic E-state index is 0. The molecule has 0 aromatic heterocycles. The van der Waals surface area contributed by atoms with Crippen LogP contribution in [0.1, 0.15) is 26.2 Å². The van der Waals surface area contributed by atoms with Gasteiger partial charge in [0, 0.05) is 13.1 Å². The van der Waals surface area contributed by atoms with Crippen LogP contribution in [0.4, 0.5) is 0 Å². The topological polar surface area (TPSA) is 33.7 Å². The van der Waals surface area contributed by atoms with E-state index in [1.54, 1.807) is 0 Å². The fraction of sp³-hybridized carbons (Fsp3) is 0.667. The Morgan fingerprint density at radius 1 is 1.04 bits per heavy atom. The van der Waals surface area contributed by atoms with Crippen LogP contribution >= 0.6 is 24.8 Å². The van der Waals surface area contributed by atoms with Crippen molar-refractivity contribution in [2.24, 2.45) is 5.41 Å². The average Bonchev–Trinajstić information content (AvgIpc) is 2.92. The highest BCUT2D eigenvalue weighted by Gasteiger charge is 2.38. The van der Waals surface area contributed by atoms with E-state index in [1.165, 1.54) is 45.4 Å². The van der Waals surface area contributed by atoms with E-state index in [4.69, 9.17) is 9.47 Å². The summed E-state index contributed by atoms with van der Waals surface area (Å²) >= 11 is 0. The van der Waals surface area contributed by atoms with Crippen molar-refractivity contribution in [2.75, 3.05) is 45.9 Å². The van der Waals surface area contributed by atoms with Crippen LogP contribution in [0.5, 0.6) is 11.5 Å². The van der Waals surface area contributed by atoms with Crippen LogP contribution in [0.25, 0.3) is 0 Å². The summed E-state index contributed by atoms with van der Waals surface area (Å²) in [6.07, 6.45) is 4.01. The Labute approximate surface area is 158 Å². The molecule has 0 radical (unpaired) electrons. The lowest BCUT2D eigenvalue weighted by Gasteiger charge is -2.33. The highest BCUT2D eigenvalue weighted by Crippen LogP contribution is 2.38. The summed E-state index contributed by atoms with van der Waals surface area (Å²) in [6, 6.07) is 7.94. The molecule has 1 spiro atoms. The molecule has 0 bridgehead atoms. The molecule has 0 saturated carbocycles. The number of ether oxygens (including phenoxy) is 2. The molecule has 24 heavy (non-hydrogen) atoms. The van der Waals surface area contributed by atoms with Gasteiger partial charge in [0.1, 0.15) is 6.61 Å². The molecular formula is C18H30Cl2N2O2. The lowest BCUT2D eigenvalue weighted by atomic mass is 9.78. The van der Waals surface area contributed by atoms with Crippen molar-refractivity contribution in [2.45, 2.75) is 26.2 Å². The van der Waals surface area contributed by atoms with Gasteiger partial charge in [-0.1, -0.05) is 12.1 Å². The molecule has 6 heteroatoms. The van der Waals surface area contributed by atoms with Crippen molar-refractivity contribution in [3.8, 4) is 11.5 Å². The molecule has 4 nitrogen and oxygen atoms in total.